The molecule has 0 spiro atoms. The third kappa shape index (κ3) is 3.76. The molecular formula is C16H18N2O3. The number of Topliss-reactive ketones (excluding diaryl/α,β-unsaturated/α-hetero) is 1. The number of ketones is 1. The Balaban J connectivity index is 1.58. The first kappa shape index (κ1) is 13.9. The average molecular weight is 286 g/mol. The Kier molecular flexibility index (Phi) is 4.40. The summed E-state index contributed by atoms with van der Waals surface area (Å²) in [6.07, 6.45) is 4.31. The maximum Gasteiger partial charge on any atom is 0.234 e. The molecule has 1 aliphatic heterocycles. The molecule has 0 amide bonds. The molecule has 2 heterocycles. The van der Waals surface area contributed by atoms with Crippen LogP contribution in [0.5, 0.6) is 0 Å². The van der Waals surface area contributed by atoms with Gasteiger partial charge in [-0.15, -0.1) is 0 Å². The highest BCUT2D eigenvalue weighted by Gasteiger charge is 2.18. The van der Waals surface area contributed by atoms with Crippen LogP contribution in [0.4, 0.5) is 0 Å². The number of carbonyl (C=O) groups is 1. The summed E-state index contributed by atoms with van der Waals surface area (Å²) in [6.45, 7) is 0.807. The van der Waals surface area contributed by atoms with Crippen LogP contribution in [0.1, 0.15) is 41.3 Å². The summed E-state index contributed by atoms with van der Waals surface area (Å²) in [5.41, 5.74) is 0.660. The van der Waals surface area contributed by atoms with E-state index in [0.717, 1.165) is 19.4 Å². The maximum atomic E-state index is 12.1. The third-order valence-corrected chi connectivity index (χ3v) is 3.60. The molecule has 110 valence electrons. The van der Waals surface area contributed by atoms with Gasteiger partial charge in [0.2, 0.25) is 5.89 Å². The van der Waals surface area contributed by atoms with Crippen molar-refractivity contribution in [2.45, 2.75) is 38.2 Å². The summed E-state index contributed by atoms with van der Waals surface area (Å²) < 4.78 is 10.8. The molecule has 21 heavy (non-hydrogen) atoms. The first-order valence-electron chi connectivity index (χ1n) is 7.32. The van der Waals surface area contributed by atoms with E-state index in [0.29, 0.717) is 23.7 Å². The van der Waals surface area contributed by atoms with Gasteiger partial charge in [0.25, 0.3) is 0 Å². The van der Waals surface area contributed by atoms with E-state index in [1.807, 2.05) is 18.2 Å². The smallest absolute Gasteiger partial charge is 0.234 e. The highest BCUT2D eigenvalue weighted by Crippen LogP contribution is 2.16. The van der Waals surface area contributed by atoms with Crippen LogP contribution in [0.25, 0.3) is 0 Å². The number of ether oxygens (including phenoxy) is 1. The van der Waals surface area contributed by atoms with E-state index in [9.17, 15) is 4.79 Å². The molecule has 1 unspecified atom stereocenters. The van der Waals surface area contributed by atoms with Crippen molar-refractivity contribution in [3.63, 3.8) is 0 Å². The summed E-state index contributed by atoms with van der Waals surface area (Å²) in [5.74, 6) is 0.979. The number of aromatic nitrogens is 2. The second-order valence-corrected chi connectivity index (χ2v) is 5.26. The average Bonchev–Trinajstić information content (AvgIpc) is 2.96. The Bertz CT molecular complexity index is 589. The monoisotopic (exact) mass is 286 g/mol. The lowest BCUT2D eigenvalue weighted by atomic mass is 10.1. The zero-order chi connectivity index (χ0) is 14.5. The maximum absolute atomic E-state index is 12.1. The standard InChI is InChI=1S/C16H18N2O3/c19-14(12-6-2-1-3-7-12)11-16-17-15(18-21-16)10-13-8-4-5-9-20-13/h1-3,6-7,13H,4-5,8-11H2. The van der Waals surface area contributed by atoms with Gasteiger partial charge in [0, 0.05) is 18.6 Å². The Labute approximate surface area is 123 Å². The van der Waals surface area contributed by atoms with Crippen molar-refractivity contribution in [2.75, 3.05) is 6.61 Å². The largest absolute Gasteiger partial charge is 0.378 e. The van der Waals surface area contributed by atoms with E-state index in [2.05, 4.69) is 10.1 Å². The molecule has 5 heteroatoms. The Morgan fingerprint density at radius 3 is 2.86 bits per heavy atom. The van der Waals surface area contributed by atoms with E-state index in [1.165, 1.54) is 6.42 Å². The van der Waals surface area contributed by atoms with Crippen LogP contribution in [0.3, 0.4) is 0 Å². The van der Waals surface area contributed by atoms with Crippen LogP contribution in [0, 0.1) is 0 Å². The normalized spacial score (nSPS) is 18.6. The number of rotatable bonds is 5. The minimum absolute atomic E-state index is 0.0142. The van der Waals surface area contributed by atoms with Gasteiger partial charge in [-0.2, -0.15) is 4.98 Å². The summed E-state index contributed by atoms with van der Waals surface area (Å²) in [5, 5.41) is 3.94. The molecule has 0 bridgehead atoms. The molecule has 1 aromatic carbocycles. The molecule has 2 aromatic rings. The third-order valence-electron chi connectivity index (χ3n) is 3.60. The highest BCUT2D eigenvalue weighted by molar-refractivity contribution is 5.96. The zero-order valence-electron chi connectivity index (χ0n) is 11.8. The van der Waals surface area contributed by atoms with Gasteiger partial charge in [0.15, 0.2) is 11.6 Å². The topological polar surface area (TPSA) is 65.2 Å². The molecule has 5 nitrogen and oxygen atoms in total. The van der Waals surface area contributed by atoms with Gasteiger partial charge in [-0.25, -0.2) is 0 Å². The van der Waals surface area contributed by atoms with Crippen LogP contribution in [0.15, 0.2) is 34.9 Å². The first-order chi connectivity index (χ1) is 10.3. The van der Waals surface area contributed by atoms with Crippen molar-refractivity contribution in [3.05, 3.63) is 47.6 Å². The second kappa shape index (κ2) is 6.63. The molecule has 3 rings (SSSR count). The molecule has 1 atom stereocenters. The molecule has 1 aliphatic rings. The predicted octanol–water partition coefficient (Wildman–Crippen LogP) is 2.61. The second-order valence-electron chi connectivity index (χ2n) is 5.26. The fourth-order valence-corrected chi connectivity index (χ4v) is 2.48. The summed E-state index contributed by atoms with van der Waals surface area (Å²) in [7, 11) is 0. The van der Waals surface area contributed by atoms with E-state index < -0.39 is 0 Å². The van der Waals surface area contributed by atoms with Gasteiger partial charge < -0.3 is 9.26 Å². The van der Waals surface area contributed by atoms with Crippen molar-refractivity contribution in [1.82, 2.24) is 10.1 Å². The van der Waals surface area contributed by atoms with Crippen molar-refractivity contribution in [3.8, 4) is 0 Å². The van der Waals surface area contributed by atoms with E-state index in [-0.39, 0.29) is 18.3 Å². The molecule has 0 saturated carbocycles. The van der Waals surface area contributed by atoms with Gasteiger partial charge in [0.1, 0.15) is 0 Å². The lowest BCUT2D eigenvalue weighted by Gasteiger charge is -2.20. The van der Waals surface area contributed by atoms with Gasteiger partial charge in [-0.1, -0.05) is 35.5 Å². The molecule has 1 fully saturated rings. The Morgan fingerprint density at radius 2 is 2.10 bits per heavy atom. The van der Waals surface area contributed by atoms with Gasteiger partial charge in [-0.05, 0) is 19.3 Å². The number of nitrogens with zero attached hydrogens (tertiary/aromatic N) is 2. The van der Waals surface area contributed by atoms with Crippen LogP contribution in [0.2, 0.25) is 0 Å². The van der Waals surface area contributed by atoms with Gasteiger partial charge in [-0.3, -0.25) is 4.79 Å². The Hall–Kier alpha value is -2.01. The van der Waals surface area contributed by atoms with E-state index >= 15 is 0 Å². The van der Waals surface area contributed by atoms with Crippen molar-refractivity contribution in [1.29, 1.82) is 0 Å². The number of carbonyl (C=O) groups excluding carboxylic acids is 1. The fourth-order valence-electron chi connectivity index (χ4n) is 2.48. The van der Waals surface area contributed by atoms with Crippen molar-refractivity contribution in [2.24, 2.45) is 0 Å². The van der Waals surface area contributed by atoms with Gasteiger partial charge >= 0.3 is 0 Å². The summed E-state index contributed by atoms with van der Waals surface area (Å²) in [4.78, 5) is 16.4. The predicted molar refractivity (Wildman–Crippen MR) is 76.1 cm³/mol. The van der Waals surface area contributed by atoms with Crippen molar-refractivity contribution < 1.29 is 14.1 Å². The number of hydrogen-bond acceptors (Lipinski definition) is 5. The van der Waals surface area contributed by atoms with Gasteiger partial charge in [0.05, 0.1) is 12.5 Å². The van der Waals surface area contributed by atoms with E-state index in [1.54, 1.807) is 12.1 Å². The van der Waals surface area contributed by atoms with Crippen molar-refractivity contribution >= 4 is 5.78 Å². The van der Waals surface area contributed by atoms with Crippen LogP contribution < -0.4 is 0 Å². The van der Waals surface area contributed by atoms with Crippen LogP contribution in [-0.2, 0) is 17.6 Å². The molecule has 1 aromatic heterocycles. The minimum atomic E-state index is -0.0142. The fraction of sp³-hybridized carbons (Fsp3) is 0.438. The number of benzene rings is 1. The molecular weight excluding hydrogens is 268 g/mol. The zero-order valence-corrected chi connectivity index (χ0v) is 11.8. The lowest BCUT2D eigenvalue weighted by Crippen LogP contribution is -2.21. The molecule has 0 aliphatic carbocycles. The quantitative estimate of drug-likeness (QED) is 0.790. The van der Waals surface area contributed by atoms with E-state index in [4.69, 9.17) is 9.26 Å². The van der Waals surface area contributed by atoms with Crippen LogP contribution in [-0.4, -0.2) is 28.6 Å². The lowest BCUT2D eigenvalue weighted by molar-refractivity contribution is 0.0153. The SMILES string of the molecule is O=C(Cc1nc(CC2CCCCO2)no1)c1ccccc1. The summed E-state index contributed by atoms with van der Waals surface area (Å²) in [6, 6.07) is 9.14. The molecule has 0 N–H and O–H groups in total. The highest BCUT2D eigenvalue weighted by atomic mass is 16.5. The Morgan fingerprint density at radius 1 is 1.24 bits per heavy atom. The first-order valence-corrected chi connectivity index (χ1v) is 7.32. The minimum Gasteiger partial charge on any atom is -0.378 e. The summed E-state index contributed by atoms with van der Waals surface area (Å²) >= 11 is 0. The number of hydrogen-bond donors (Lipinski definition) is 0. The molecule has 1 saturated heterocycles. The molecule has 0 radical (unpaired) electrons. The van der Waals surface area contributed by atoms with Crippen LogP contribution >= 0.6 is 0 Å².